The van der Waals surface area contributed by atoms with E-state index < -0.39 is 0 Å². The first-order valence-electron chi connectivity index (χ1n) is 10.5. The molecule has 154 valence electrons. The van der Waals surface area contributed by atoms with E-state index in [0.29, 0.717) is 13.0 Å². The molecular formula is C27H29NO2. The molecule has 3 nitrogen and oxygen atoms in total. The fourth-order valence-corrected chi connectivity index (χ4v) is 3.28. The van der Waals surface area contributed by atoms with Crippen molar-refractivity contribution in [2.75, 3.05) is 13.1 Å². The standard InChI is InChI=1S/C27H29NO2/c1-3-28(4-2)20-26(24-15-9-6-10-16-24)27(29)19-23-14-11-17-25(18-23)30-21-22-12-7-5-8-13-22/h5-18,20H,3-4,19,21H2,1-2H3. The zero-order chi connectivity index (χ0) is 21.2. The minimum Gasteiger partial charge on any atom is -0.489 e. The van der Waals surface area contributed by atoms with Gasteiger partial charge in [0.25, 0.3) is 0 Å². The van der Waals surface area contributed by atoms with Crippen LogP contribution in [0, 0.1) is 0 Å². The van der Waals surface area contributed by atoms with Crippen LogP contribution in [0.1, 0.15) is 30.5 Å². The minimum atomic E-state index is 0.105. The maximum Gasteiger partial charge on any atom is 0.169 e. The minimum absolute atomic E-state index is 0.105. The summed E-state index contributed by atoms with van der Waals surface area (Å²) >= 11 is 0. The van der Waals surface area contributed by atoms with Gasteiger partial charge in [-0.25, -0.2) is 0 Å². The highest BCUT2D eigenvalue weighted by Crippen LogP contribution is 2.21. The van der Waals surface area contributed by atoms with E-state index in [2.05, 4.69) is 18.7 Å². The summed E-state index contributed by atoms with van der Waals surface area (Å²) in [4.78, 5) is 15.4. The Morgan fingerprint density at radius 3 is 2.13 bits per heavy atom. The zero-order valence-corrected chi connectivity index (χ0v) is 17.8. The van der Waals surface area contributed by atoms with Gasteiger partial charge in [0, 0.05) is 31.3 Å². The lowest BCUT2D eigenvalue weighted by Crippen LogP contribution is -2.18. The van der Waals surface area contributed by atoms with Gasteiger partial charge in [-0.3, -0.25) is 4.79 Å². The molecule has 3 rings (SSSR count). The molecule has 0 spiro atoms. The summed E-state index contributed by atoms with van der Waals surface area (Å²) in [5, 5.41) is 0. The van der Waals surface area contributed by atoms with Gasteiger partial charge in [-0.05, 0) is 42.7 Å². The largest absolute Gasteiger partial charge is 0.489 e. The molecule has 0 aromatic heterocycles. The molecule has 0 saturated heterocycles. The first kappa shape index (κ1) is 21.4. The zero-order valence-electron chi connectivity index (χ0n) is 17.8. The SMILES string of the molecule is CCN(C=C(C(=O)Cc1cccc(OCc2ccccc2)c1)c1ccccc1)CC. The number of allylic oxidation sites excluding steroid dienone is 1. The highest BCUT2D eigenvalue weighted by Gasteiger charge is 2.14. The Labute approximate surface area is 179 Å². The van der Waals surface area contributed by atoms with Crippen molar-refractivity contribution in [2.24, 2.45) is 0 Å². The number of hydrogen-bond acceptors (Lipinski definition) is 3. The van der Waals surface area contributed by atoms with Crippen LogP contribution >= 0.6 is 0 Å². The van der Waals surface area contributed by atoms with Crippen molar-refractivity contribution in [1.29, 1.82) is 0 Å². The van der Waals surface area contributed by atoms with E-state index in [9.17, 15) is 4.79 Å². The molecule has 3 aromatic carbocycles. The molecule has 0 heterocycles. The van der Waals surface area contributed by atoms with Crippen molar-refractivity contribution in [3.05, 3.63) is 108 Å². The summed E-state index contributed by atoms with van der Waals surface area (Å²) in [6.07, 6.45) is 2.33. The van der Waals surface area contributed by atoms with E-state index in [1.54, 1.807) is 0 Å². The maximum atomic E-state index is 13.2. The molecule has 3 heteroatoms. The molecule has 0 unspecified atom stereocenters. The molecule has 0 bridgehead atoms. The molecule has 0 fully saturated rings. The second-order valence-corrected chi connectivity index (χ2v) is 7.15. The first-order chi connectivity index (χ1) is 14.7. The number of Topliss-reactive ketones (excluding diaryl/α,β-unsaturated/α-hetero) is 1. The van der Waals surface area contributed by atoms with Crippen LogP contribution < -0.4 is 4.74 Å². The number of carbonyl (C=O) groups is 1. The van der Waals surface area contributed by atoms with Crippen LogP contribution in [0.4, 0.5) is 0 Å². The van der Waals surface area contributed by atoms with Gasteiger partial charge in [-0.1, -0.05) is 72.8 Å². The summed E-state index contributed by atoms with van der Waals surface area (Å²) in [6.45, 7) is 6.43. The molecule has 0 N–H and O–H groups in total. The molecule has 0 saturated carbocycles. The Kier molecular flexibility index (Phi) is 7.85. The van der Waals surface area contributed by atoms with Crippen LogP contribution in [0.5, 0.6) is 5.75 Å². The smallest absolute Gasteiger partial charge is 0.169 e. The predicted octanol–water partition coefficient (Wildman–Crippen LogP) is 5.76. The van der Waals surface area contributed by atoms with Crippen LogP contribution in [0.2, 0.25) is 0 Å². The average molecular weight is 400 g/mol. The predicted molar refractivity (Wildman–Crippen MR) is 123 cm³/mol. The van der Waals surface area contributed by atoms with Crippen molar-refractivity contribution < 1.29 is 9.53 Å². The fourth-order valence-electron chi connectivity index (χ4n) is 3.28. The van der Waals surface area contributed by atoms with Gasteiger partial charge in [0.15, 0.2) is 5.78 Å². The Hall–Kier alpha value is -3.33. The summed E-state index contributed by atoms with van der Waals surface area (Å²) in [7, 11) is 0. The topological polar surface area (TPSA) is 29.5 Å². The highest BCUT2D eigenvalue weighted by atomic mass is 16.5. The lowest BCUT2D eigenvalue weighted by molar-refractivity contribution is -0.113. The van der Waals surface area contributed by atoms with Crippen LogP contribution in [0.25, 0.3) is 5.57 Å². The monoisotopic (exact) mass is 399 g/mol. The van der Waals surface area contributed by atoms with Gasteiger partial charge in [0.2, 0.25) is 0 Å². The van der Waals surface area contributed by atoms with Crippen LogP contribution in [0.3, 0.4) is 0 Å². The van der Waals surface area contributed by atoms with Gasteiger partial charge < -0.3 is 9.64 Å². The quantitative estimate of drug-likeness (QED) is 0.406. The maximum absolute atomic E-state index is 13.2. The molecular weight excluding hydrogens is 370 g/mol. The number of hydrogen-bond donors (Lipinski definition) is 0. The van der Waals surface area contributed by atoms with Crippen LogP contribution in [0.15, 0.2) is 91.1 Å². The lowest BCUT2D eigenvalue weighted by Gasteiger charge is -2.18. The van der Waals surface area contributed by atoms with Crippen LogP contribution in [-0.4, -0.2) is 23.8 Å². The lowest BCUT2D eigenvalue weighted by atomic mass is 9.97. The number of ketones is 1. The first-order valence-corrected chi connectivity index (χ1v) is 10.5. The normalized spacial score (nSPS) is 11.2. The average Bonchev–Trinajstić information content (AvgIpc) is 2.80. The fraction of sp³-hybridized carbons (Fsp3) is 0.222. The van der Waals surface area contributed by atoms with Crippen molar-refractivity contribution >= 4 is 11.4 Å². The summed E-state index contributed by atoms with van der Waals surface area (Å²) < 4.78 is 5.92. The molecule has 3 aromatic rings. The third-order valence-corrected chi connectivity index (χ3v) is 5.02. The molecule has 0 amide bonds. The number of nitrogens with zero attached hydrogens (tertiary/aromatic N) is 1. The summed E-state index contributed by atoms with van der Waals surface area (Å²) in [6, 6.07) is 27.8. The molecule has 30 heavy (non-hydrogen) atoms. The van der Waals surface area contributed by atoms with E-state index in [0.717, 1.165) is 41.1 Å². The van der Waals surface area contributed by atoms with Crippen molar-refractivity contribution in [1.82, 2.24) is 4.90 Å². The number of carbonyl (C=O) groups excluding carboxylic acids is 1. The van der Waals surface area contributed by atoms with E-state index in [-0.39, 0.29) is 5.78 Å². The van der Waals surface area contributed by atoms with Gasteiger partial charge in [-0.15, -0.1) is 0 Å². The summed E-state index contributed by atoms with van der Waals surface area (Å²) in [5.41, 5.74) is 3.76. The van der Waals surface area contributed by atoms with Gasteiger partial charge in [0.1, 0.15) is 12.4 Å². The molecule has 0 radical (unpaired) electrons. The van der Waals surface area contributed by atoms with Crippen LogP contribution in [-0.2, 0) is 17.8 Å². The third kappa shape index (κ3) is 6.08. The van der Waals surface area contributed by atoms with Crippen molar-refractivity contribution in [2.45, 2.75) is 26.9 Å². The Morgan fingerprint density at radius 2 is 1.47 bits per heavy atom. The second-order valence-electron chi connectivity index (χ2n) is 7.15. The molecule has 0 atom stereocenters. The third-order valence-electron chi connectivity index (χ3n) is 5.02. The number of rotatable bonds is 10. The summed E-state index contributed by atoms with van der Waals surface area (Å²) in [5.74, 6) is 0.881. The van der Waals surface area contributed by atoms with Crippen molar-refractivity contribution in [3.63, 3.8) is 0 Å². The van der Waals surface area contributed by atoms with Gasteiger partial charge >= 0.3 is 0 Å². The second kappa shape index (κ2) is 11.0. The Bertz CT molecular complexity index is 960. The highest BCUT2D eigenvalue weighted by molar-refractivity contribution is 6.21. The number of ether oxygens (including phenoxy) is 1. The molecule has 0 aliphatic heterocycles. The Morgan fingerprint density at radius 1 is 0.833 bits per heavy atom. The number of benzene rings is 3. The van der Waals surface area contributed by atoms with Gasteiger partial charge in [-0.2, -0.15) is 0 Å². The van der Waals surface area contributed by atoms with E-state index in [4.69, 9.17) is 4.74 Å². The van der Waals surface area contributed by atoms with E-state index in [1.807, 2.05) is 91.1 Å². The van der Waals surface area contributed by atoms with E-state index in [1.165, 1.54) is 0 Å². The van der Waals surface area contributed by atoms with Crippen molar-refractivity contribution in [3.8, 4) is 5.75 Å². The Balaban J connectivity index is 1.75. The van der Waals surface area contributed by atoms with Gasteiger partial charge in [0.05, 0.1) is 0 Å². The van der Waals surface area contributed by atoms with E-state index >= 15 is 0 Å². The molecule has 0 aliphatic rings. The molecule has 0 aliphatic carbocycles.